The van der Waals surface area contributed by atoms with Crippen LogP contribution in [0, 0.1) is 5.92 Å². The first-order chi connectivity index (χ1) is 9.17. The Hall–Kier alpha value is -1.55. The molecule has 1 amide bonds. The Morgan fingerprint density at radius 2 is 2.05 bits per heavy atom. The lowest BCUT2D eigenvalue weighted by molar-refractivity contribution is -0.131. The summed E-state index contributed by atoms with van der Waals surface area (Å²) >= 11 is 0. The number of nitrogens with two attached hydrogens (primary N) is 1. The van der Waals surface area contributed by atoms with E-state index in [0.717, 1.165) is 12.2 Å². The van der Waals surface area contributed by atoms with Crippen LogP contribution in [0.4, 0.5) is 0 Å². The van der Waals surface area contributed by atoms with Gasteiger partial charge in [-0.15, -0.1) is 0 Å². The summed E-state index contributed by atoms with van der Waals surface area (Å²) < 4.78 is 5.57. The van der Waals surface area contributed by atoms with Gasteiger partial charge in [0.15, 0.2) is 0 Å². The second-order valence-electron chi connectivity index (χ2n) is 4.69. The average molecular weight is 264 g/mol. The van der Waals surface area contributed by atoms with Gasteiger partial charge in [-0.05, 0) is 24.6 Å². The molecular formula is C15H24N2O2. The fraction of sp³-hybridized carbons (Fsp3) is 0.533. The summed E-state index contributed by atoms with van der Waals surface area (Å²) in [7, 11) is 1.81. The zero-order chi connectivity index (χ0) is 14.1. The summed E-state index contributed by atoms with van der Waals surface area (Å²) in [6.45, 7) is 3.72. The number of likely N-dealkylation sites (N-methyl/N-ethyl adjacent to an activating group) is 1. The van der Waals surface area contributed by atoms with Gasteiger partial charge >= 0.3 is 0 Å². The van der Waals surface area contributed by atoms with E-state index < -0.39 is 0 Å². The highest BCUT2D eigenvalue weighted by atomic mass is 16.5. The summed E-state index contributed by atoms with van der Waals surface area (Å²) in [5.41, 5.74) is 5.61. The highest BCUT2D eigenvalue weighted by Gasteiger charge is 2.14. The SMILES string of the molecule is CCC(CN)CC(=O)N(C)CCOc1ccccc1. The minimum Gasteiger partial charge on any atom is -0.492 e. The van der Waals surface area contributed by atoms with Crippen molar-refractivity contribution in [3.05, 3.63) is 30.3 Å². The van der Waals surface area contributed by atoms with Gasteiger partial charge in [-0.3, -0.25) is 4.79 Å². The predicted molar refractivity (Wildman–Crippen MR) is 77.0 cm³/mol. The Balaban J connectivity index is 2.27. The van der Waals surface area contributed by atoms with E-state index in [0.29, 0.717) is 26.1 Å². The molecule has 1 aromatic rings. The van der Waals surface area contributed by atoms with Crippen LogP contribution >= 0.6 is 0 Å². The molecule has 4 heteroatoms. The lowest BCUT2D eigenvalue weighted by atomic mass is 10.0. The van der Waals surface area contributed by atoms with Gasteiger partial charge in [0.2, 0.25) is 5.91 Å². The van der Waals surface area contributed by atoms with Crippen LogP contribution in [0.1, 0.15) is 19.8 Å². The predicted octanol–water partition coefficient (Wildman–Crippen LogP) is 1.90. The van der Waals surface area contributed by atoms with E-state index in [1.807, 2.05) is 30.3 Å². The largest absolute Gasteiger partial charge is 0.492 e. The van der Waals surface area contributed by atoms with E-state index in [-0.39, 0.29) is 11.8 Å². The number of benzene rings is 1. The highest BCUT2D eigenvalue weighted by Crippen LogP contribution is 2.09. The third kappa shape index (κ3) is 5.75. The maximum absolute atomic E-state index is 11.9. The van der Waals surface area contributed by atoms with Crippen LogP contribution in [0.15, 0.2) is 30.3 Å². The van der Waals surface area contributed by atoms with Crippen molar-refractivity contribution in [2.24, 2.45) is 11.7 Å². The molecule has 0 radical (unpaired) electrons. The maximum atomic E-state index is 11.9. The quantitative estimate of drug-likeness (QED) is 0.780. The molecule has 0 fully saturated rings. The van der Waals surface area contributed by atoms with E-state index in [1.165, 1.54) is 0 Å². The molecule has 1 aromatic carbocycles. The van der Waals surface area contributed by atoms with Gasteiger partial charge in [-0.25, -0.2) is 0 Å². The van der Waals surface area contributed by atoms with E-state index in [2.05, 4.69) is 6.92 Å². The zero-order valence-corrected chi connectivity index (χ0v) is 11.8. The van der Waals surface area contributed by atoms with Gasteiger partial charge in [-0.2, -0.15) is 0 Å². The summed E-state index contributed by atoms with van der Waals surface area (Å²) in [6.07, 6.45) is 1.46. The van der Waals surface area contributed by atoms with Gasteiger partial charge in [0.05, 0.1) is 6.54 Å². The Labute approximate surface area is 115 Å². The molecule has 0 aliphatic carbocycles. The molecule has 0 aliphatic heterocycles. The first-order valence-electron chi connectivity index (χ1n) is 6.79. The van der Waals surface area contributed by atoms with E-state index in [1.54, 1.807) is 11.9 Å². The van der Waals surface area contributed by atoms with Crippen LogP contribution in [0.25, 0.3) is 0 Å². The van der Waals surface area contributed by atoms with Crippen molar-refractivity contribution in [2.45, 2.75) is 19.8 Å². The number of carbonyl (C=O) groups excluding carboxylic acids is 1. The third-order valence-corrected chi connectivity index (χ3v) is 3.24. The molecule has 0 aromatic heterocycles. The molecule has 106 valence electrons. The molecule has 1 rings (SSSR count). The molecule has 0 saturated carbocycles. The van der Waals surface area contributed by atoms with E-state index in [4.69, 9.17) is 10.5 Å². The first-order valence-corrected chi connectivity index (χ1v) is 6.79. The molecule has 0 saturated heterocycles. The normalized spacial score (nSPS) is 11.9. The summed E-state index contributed by atoms with van der Waals surface area (Å²) in [5, 5.41) is 0. The van der Waals surface area contributed by atoms with Crippen molar-refractivity contribution in [3.8, 4) is 5.75 Å². The highest BCUT2D eigenvalue weighted by molar-refractivity contribution is 5.76. The van der Waals surface area contributed by atoms with Gasteiger partial charge in [0, 0.05) is 13.5 Å². The smallest absolute Gasteiger partial charge is 0.222 e. The van der Waals surface area contributed by atoms with Gasteiger partial charge in [-0.1, -0.05) is 31.5 Å². The minimum atomic E-state index is 0.133. The van der Waals surface area contributed by atoms with Crippen LogP contribution in [0.2, 0.25) is 0 Å². The van der Waals surface area contributed by atoms with E-state index in [9.17, 15) is 4.79 Å². The molecule has 19 heavy (non-hydrogen) atoms. The monoisotopic (exact) mass is 264 g/mol. The van der Waals surface area contributed by atoms with Crippen LogP contribution < -0.4 is 10.5 Å². The number of nitrogens with zero attached hydrogens (tertiary/aromatic N) is 1. The molecule has 0 spiro atoms. The van der Waals surface area contributed by atoms with Crippen molar-refractivity contribution < 1.29 is 9.53 Å². The lowest BCUT2D eigenvalue weighted by Gasteiger charge is -2.20. The average Bonchev–Trinajstić information content (AvgIpc) is 2.45. The number of hydrogen-bond acceptors (Lipinski definition) is 3. The molecule has 4 nitrogen and oxygen atoms in total. The Bertz CT molecular complexity index is 364. The fourth-order valence-electron chi connectivity index (χ4n) is 1.74. The number of hydrogen-bond donors (Lipinski definition) is 1. The van der Waals surface area contributed by atoms with Crippen molar-refractivity contribution >= 4 is 5.91 Å². The lowest BCUT2D eigenvalue weighted by Crippen LogP contribution is -2.33. The Morgan fingerprint density at radius 1 is 1.37 bits per heavy atom. The van der Waals surface area contributed by atoms with Crippen molar-refractivity contribution in [1.82, 2.24) is 4.90 Å². The fourth-order valence-corrected chi connectivity index (χ4v) is 1.74. The van der Waals surface area contributed by atoms with Gasteiger partial charge in [0.25, 0.3) is 0 Å². The summed E-state index contributed by atoms with van der Waals surface area (Å²) in [6, 6.07) is 9.61. The maximum Gasteiger partial charge on any atom is 0.222 e. The van der Waals surface area contributed by atoms with Crippen LogP contribution in [-0.2, 0) is 4.79 Å². The van der Waals surface area contributed by atoms with Crippen molar-refractivity contribution in [1.29, 1.82) is 0 Å². The molecule has 0 aliphatic rings. The zero-order valence-electron chi connectivity index (χ0n) is 11.8. The molecule has 1 unspecified atom stereocenters. The number of para-hydroxylation sites is 1. The molecule has 1 atom stereocenters. The second kappa shape index (κ2) is 8.53. The topological polar surface area (TPSA) is 55.6 Å². The molecule has 0 heterocycles. The van der Waals surface area contributed by atoms with Crippen LogP contribution in [0.5, 0.6) is 5.75 Å². The minimum absolute atomic E-state index is 0.133. The first kappa shape index (κ1) is 15.5. The Morgan fingerprint density at radius 3 is 2.63 bits per heavy atom. The Kier molecular flexibility index (Phi) is 6.97. The standard InChI is InChI=1S/C15H24N2O2/c1-3-13(12-16)11-15(18)17(2)9-10-19-14-7-5-4-6-8-14/h4-8,13H,3,9-12,16H2,1-2H3. The molecule has 2 N–H and O–H groups in total. The van der Waals surface area contributed by atoms with Crippen LogP contribution in [0.3, 0.4) is 0 Å². The van der Waals surface area contributed by atoms with Crippen molar-refractivity contribution in [3.63, 3.8) is 0 Å². The molecular weight excluding hydrogens is 240 g/mol. The summed E-state index contributed by atoms with van der Waals surface area (Å²) in [4.78, 5) is 13.6. The third-order valence-electron chi connectivity index (χ3n) is 3.24. The second-order valence-corrected chi connectivity index (χ2v) is 4.69. The summed E-state index contributed by atoms with van der Waals surface area (Å²) in [5.74, 6) is 1.25. The number of amides is 1. The van der Waals surface area contributed by atoms with Gasteiger partial charge < -0.3 is 15.4 Å². The number of ether oxygens (including phenoxy) is 1. The van der Waals surface area contributed by atoms with Crippen molar-refractivity contribution in [2.75, 3.05) is 26.7 Å². The van der Waals surface area contributed by atoms with Crippen LogP contribution in [-0.4, -0.2) is 37.6 Å². The van der Waals surface area contributed by atoms with Gasteiger partial charge in [0.1, 0.15) is 12.4 Å². The van der Waals surface area contributed by atoms with E-state index >= 15 is 0 Å². The number of carbonyl (C=O) groups is 1. The molecule has 0 bridgehead atoms. The number of rotatable bonds is 8.